The molecule has 0 aliphatic carbocycles. The van der Waals surface area contributed by atoms with E-state index in [1.165, 1.54) is 13.2 Å². The number of aryl methyl sites for hydroxylation is 2. The Kier molecular flexibility index (Phi) is 4.85. The van der Waals surface area contributed by atoms with Crippen LogP contribution in [-0.2, 0) is 6.54 Å². The zero-order chi connectivity index (χ0) is 23.3. The summed E-state index contributed by atoms with van der Waals surface area (Å²) >= 11 is 0. The zero-order valence-electron chi connectivity index (χ0n) is 18.4. The number of benzene rings is 2. The highest BCUT2D eigenvalue weighted by molar-refractivity contribution is 6.00. The van der Waals surface area contributed by atoms with Gasteiger partial charge < -0.3 is 24.3 Å². The Labute approximate surface area is 190 Å². The minimum absolute atomic E-state index is 0.00255. The van der Waals surface area contributed by atoms with E-state index in [4.69, 9.17) is 9.15 Å². The number of phenolic OH excluding ortho intramolecular Hbond substituents is 2. The zero-order valence-corrected chi connectivity index (χ0v) is 18.4. The summed E-state index contributed by atoms with van der Waals surface area (Å²) in [5, 5.41) is 28.3. The SMILES string of the molecule is COc1cc([C@H]2c3c(-c4cc(C)cc(C)c4O)n[nH]c3C(=O)N2Cc2ccco2)ccc1O. The second-order valence-corrected chi connectivity index (χ2v) is 8.19. The third-order valence-electron chi connectivity index (χ3n) is 5.99. The van der Waals surface area contributed by atoms with E-state index in [9.17, 15) is 15.0 Å². The third kappa shape index (κ3) is 3.31. The number of aromatic nitrogens is 2. The molecule has 0 bridgehead atoms. The van der Waals surface area contributed by atoms with E-state index in [1.807, 2.05) is 32.0 Å². The molecule has 2 aromatic carbocycles. The number of carbonyl (C=O) groups is 1. The molecular formula is C25H23N3O5. The maximum Gasteiger partial charge on any atom is 0.273 e. The van der Waals surface area contributed by atoms with Crippen LogP contribution < -0.4 is 4.74 Å². The number of rotatable bonds is 5. The van der Waals surface area contributed by atoms with Gasteiger partial charge in [-0.2, -0.15) is 5.10 Å². The predicted molar refractivity (Wildman–Crippen MR) is 120 cm³/mol. The van der Waals surface area contributed by atoms with Crippen LogP contribution in [0.25, 0.3) is 11.3 Å². The van der Waals surface area contributed by atoms with Crippen molar-refractivity contribution in [1.82, 2.24) is 15.1 Å². The summed E-state index contributed by atoms with van der Waals surface area (Å²) < 4.78 is 10.8. The van der Waals surface area contributed by atoms with E-state index in [0.717, 1.165) is 16.7 Å². The first-order valence-corrected chi connectivity index (χ1v) is 10.5. The van der Waals surface area contributed by atoms with Crippen LogP contribution in [0.1, 0.15) is 44.5 Å². The van der Waals surface area contributed by atoms with Gasteiger partial charge in [0.1, 0.15) is 22.9 Å². The lowest BCUT2D eigenvalue weighted by Gasteiger charge is -2.26. The van der Waals surface area contributed by atoms with E-state index in [-0.39, 0.29) is 24.0 Å². The van der Waals surface area contributed by atoms with Crippen LogP contribution in [0.4, 0.5) is 0 Å². The number of carbonyl (C=O) groups excluding carboxylic acids is 1. The van der Waals surface area contributed by atoms with Crippen LogP contribution in [0.5, 0.6) is 17.2 Å². The number of methoxy groups -OCH3 is 1. The normalized spacial score (nSPS) is 15.2. The van der Waals surface area contributed by atoms with Crippen molar-refractivity contribution in [2.24, 2.45) is 0 Å². The lowest BCUT2D eigenvalue weighted by molar-refractivity contribution is 0.0717. The fourth-order valence-electron chi connectivity index (χ4n) is 4.49. The quantitative estimate of drug-likeness (QED) is 0.418. The lowest BCUT2D eigenvalue weighted by atomic mass is 9.94. The van der Waals surface area contributed by atoms with E-state index < -0.39 is 6.04 Å². The van der Waals surface area contributed by atoms with Gasteiger partial charge in [0.2, 0.25) is 0 Å². The molecule has 8 nitrogen and oxygen atoms in total. The number of hydrogen-bond acceptors (Lipinski definition) is 6. The number of aromatic hydroxyl groups is 2. The van der Waals surface area contributed by atoms with Gasteiger partial charge in [0.15, 0.2) is 11.5 Å². The van der Waals surface area contributed by atoms with Gasteiger partial charge >= 0.3 is 0 Å². The summed E-state index contributed by atoms with van der Waals surface area (Å²) in [4.78, 5) is 15.1. The van der Waals surface area contributed by atoms with Crippen LogP contribution >= 0.6 is 0 Å². The summed E-state index contributed by atoms with van der Waals surface area (Å²) in [7, 11) is 1.47. The molecule has 1 atom stereocenters. The van der Waals surface area contributed by atoms with E-state index in [1.54, 1.807) is 29.4 Å². The van der Waals surface area contributed by atoms with Gasteiger partial charge in [-0.1, -0.05) is 12.1 Å². The number of nitrogens with one attached hydrogen (secondary N) is 1. The summed E-state index contributed by atoms with van der Waals surface area (Å²) in [6.45, 7) is 4.01. The predicted octanol–water partition coefficient (Wildman–Crippen LogP) is 4.45. The topological polar surface area (TPSA) is 112 Å². The molecule has 168 valence electrons. The van der Waals surface area contributed by atoms with Crippen molar-refractivity contribution in [3.05, 3.63) is 82.4 Å². The van der Waals surface area contributed by atoms with Crippen LogP contribution in [0.3, 0.4) is 0 Å². The van der Waals surface area contributed by atoms with Gasteiger partial charge in [-0.05, 0) is 60.9 Å². The molecule has 2 aromatic heterocycles. The van der Waals surface area contributed by atoms with Gasteiger partial charge in [-0.25, -0.2) is 0 Å². The summed E-state index contributed by atoms with van der Waals surface area (Å²) in [5.74, 6) is 0.816. The molecule has 0 saturated carbocycles. The molecule has 0 fully saturated rings. The molecule has 4 aromatic rings. The highest BCUT2D eigenvalue weighted by Gasteiger charge is 2.43. The molecule has 0 unspecified atom stereocenters. The highest BCUT2D eigenvalue weighted by Crippen LogP contribution is 2.46. The number of aromatic amines is 1. The van der Waals surface area contributed by atoms with Crippen molar-refractivity contribution < 1.29 is 24.2 Å². The molecule has 3 heterocycles. The van der Waals surface area contributed by atoms with Gasteiger partial charge in [-0.3, -0.25) is 9.89 Å². The summed E-state index contributed by atoms with van der Waals surface area (Å²) in [6, 6.07) is 11.8. The molecule has 5 rings (SSSR count). The van der Waals surface area contributed by atoms with Crippen molar-refractivity contribution in [1.29, 1.82) is 0 Å². The first-order chi connectivity index (χ1) is 15.9. The highest BCUT2D eigenvalue weighted by atomic mass is 16.5. The first-order valence-electron chi connectivity index (χ1n) is 10.5. The van der Waals surface area contributed by atoms with Crippen molar-refractivity contribution in [3.8, 4) is 28.5 Å². The molecular weight excluding hydrogens is 422 g/mol. The number of nitrogens with zero attached hydrogens (tertiary/aromatic N) is 2. The maximum atomic E-state index is 13.5. The first kappa shape index (κ1) is 20.7. The standard InChI is InChI=1S/C25H23N3O5/c1-13-9-14(2)24(30)17(10-13)21-20-22(27-26-21)25(31)28(12-16-5-4-8-33-16)23(20)15-6-7-18(29)19(11-15)32-3/h4-11,23,29-30H,12H2,1-3H3,(H,26,27)/t23-/m0/s1. The van der Waals surface area contributed by atoms with Crippen molar-refractivity contribution in [2.45, 2.75) is 26.4 Å². The number of furan rings is 1. The van der Waals surface area contributed by atoms with Crippen molar-refractivity contribution in [2.75, 3.05) is 7.11 Å². The Balaban J connectivity index is 1.72. The van der Waals surface area contributed by atoms with E-state index in [2.05, 4.69) is 10.2 Å². The van der Waals surface area contributed by atoms with E-state index in [0.29, 0.717) is 34.0 Å². The number of hydrogen-bond donors (Lipinski definition) is 3. The van der Waals surface area contributed by atoms with Crippen LogP contribution in [0, 0.1) is 13.8 Å². The van der Waals surface area contributed by atoms with E-state index >= 15 is 0 Å². The number of ether oxygens (including phenoxy) is 1. The Hall–Kier alpha value is -4.20. The Morgan fingerprint density at radius 2 is 2.00 bits per heavy atom. The van der Waals surface area contributed by atoms with Gasteiger partial charge in [0.05, 0.1) is 26.0 Å². The molecule has 3 N–H and O–H groups in total. The number of H-pyrrole nitrogens is 1. The fraction of sp³-hybridized carbons (Fsp3) is 0.200. The number of fused-ring (bicyclic) bond motifs is 1. The smallest absolute Gasteiger partial charge is 0.273 e. The molecule has 0 spiro atoms. The van der Waals surface area contributed by atoms with Gasteiger partial charge in [-0.15, -0.1) is 0 Å². The Morgan fingerprint density at radius 3 is 2.73 bits per heavy atom. The molecule has 1 aliphatic rings. The molecule has 0 saturated heterocycles. The largest absolute Gasteiger partial charge is 0.507 e. The van der Waals surface area contributed by atoms with Crippen LogP contribution in [0.15, 0.2) is 53.1 Å². The summed E-state index contributed by atoms with van der Waals surface area (Å²) in [5.41, 5.74) is 4.48. The number of amides is 1. The average molecular weight is 445 g/mol. The molecule has 1 aliphatic heterocycles. The van der Waals surface area contributed by atoms with Crippen LogP contribution in [-0.4, -0.2) is 38.3 Å². The molecule has 8 heteroatoms. The van der Waals surface area contributed by atoms with Crippen molar-refractivity contribution in [3.63, 3.8) is 0 Å². The minimum atomic E-state index is -0.541. The Bertz CT molecular complexity index is 1360. The Morgan fingerprint density at radius 1 is 1.18 bits per heavy atom. The molecule has 0 radical (unpaired) electrons. The van der Waals surface area contributed by atoms with Gasteiger partial charge in [0, 0.05) is 11.1 Å². The summed E-state index contributed by atoms with van der Waals surface area (Å²) in [6.07, 6.45) is 1.56. The monoisotopic (exact) mass is 445 g/mol. The fourth-order valence-corrected chi connectivity index (χ4v) is 4.49. The molecule has 33 heavy (non-hydrogen) atoms. The maximum absolute atomic E-state index is 13.5. The third-order valence-corrected chi connectivity index (χ3v) is 5.99. The van der Waals surface area contributed by atoms with Crippen LogP contribution in [0.2, 0.25) is 0 Å². The number of phenols is 2. The van der Waals surface area contributed by atoms with Gasteiger partial charge in [0.25, 0.3) is 5.91 Å². The lowest BCUT2D eigenvalue weighted by Crippen LogP contribution is -2.29. The second-order valence-electron chi connectivity index (χ2n) is 8.19. The minimum Gasteiger partial charge on any atom is -0.507 e. The van der Waals surface area contributed by atoms with Crippen molar-refractivity contribution >= 4 is 5.91 Å². The average Bonchev–Trinajstić information content (AvgIpc) is 3.51. The second kappa shape index (κ2) is 7.74. The molecule has 1 amide bonds.